The van der Waals surface area contributed by atoms with Gasteiger partial charge in [-0.3, -0.25) is 4.90 Å². The maximum atomic E-state index is 6.14. The van der Waals surface area contributed by atoms with Crippen molar-refractivity contribution in [2.75, 3.05) is 33.9 Å². The van der Waals surface area contributed by atoms with Crippen molar-refractivity contribution in [2.24, 2.45) is 5.73 Å². The monoisotopic (exact) mass is 256 g/mol. The highest BCUT2D eigenvalue weighted by Crippen LogP contribution is 2.23. The van der Waals surface area contributed by atoms with Crippen LogP contribution in [-0.4, -0.2) is 38.8 Å². The van der Waals surface area contributed by atoms with E-state index in [1.807, 2.05) is 26.1 Å². The molecule has 0 aliphatic heterocycles. The third kappa shape index (κ3) is 3.96. The quantitative estimate of drug-likeness (QED) is 0.848. The Morgan fingerprint density at radius 3 is 2.71 bits per heavy atom. The number of nitrogens with zero attached hydrogens (tertiary/aromatic N) is 1. The van der Waals surface area contributed by atoms with E-state index in [1.54, 1.807) is 7.11 Å². The Bertz CT molecular complexity index is 357. The molecule has 0 aliphatic rings. The average Bonchev–Trinajstić information content (AvgIpc) is 2.32. The highest BCUT2D eigenvalue weighted by molar-refractivity contribution is 6.31. The minimum atomic E-state index is 0.184. The summed E-state index contributed by atoms with van der Waals surface area (Å²) in [6.45, 7) is 4.12. The van der Waals surface area contributed by atoms with Crippen LogP contribution < -0.4 is 5.73 Å². The van der Waals surface area contributed by atoms with Gasteiger partial charge in [0.1, 0.15) is 0 Å². The van der Waals surface area contributed by atoms with E-state index in [0.717, 1.165) is 22.7 Å². The van der Waals surface area contributed by atoms with Crippen molar-refractivity contribution < 1.29 is 4.74 Å². The molecule has 4 heteroatoms. The van der Waals surface area contributed by atoms with E-state index < -0.39 is 0 Å². The number of nitrogens with two attached hydrogens (primary N) is 1. The molecule has 0 bridgehead atoms. The van der Waals surface area contributed by atoms with Crippen molar-refractivity contribution >= 4 is 11.6 Å². The SMILES string of the molecule is COCCN(C)C(CN)c1ccc(C)c(Cl)c1. The van der Waals surface area contributed by atoms with Gasteiger partial charge in [-0.05, 0) is 31.2 Å². The number of ether oxygens (including phenoxy) is 1. The van der Waals surface area contributed by atoms with Gasteiger partial charge in [0.05, 0.1) is 6.61 Å². The molecule has 0 radical (unpaired) electrons. The topological polar surface area (TPSA) is 38.5 Å². The predicted molar refractivity (Wildman–Crippen MR) is 72.5 cm³/mol. The average molecular weight is 257 g/mol. The molecule has 0 aliphatic carbocycles. The lowest BCUT2D eigenvalue weighted by Crippen LogP contribution is -2.32. The lowest BCUT2D eigenvalue weighted by Gasteiger charge is -2.27. The van der Waals surface area contributed by atoms with Crippen LogP contribution in [0.25, 0.3) is 0 Å². The van der Waals surface area contributed by atoms with Gasteiger partial charge in [0.2, 0.25) is 0 Å². The Labute approximate surface area is 109 Å². The fourth-order valence-electron chi connectivity index (χ4n) is 1.78. The molecule has 0 saturated carbocycles. The third-order valence-electron chi connectivity index (χ3n) is 2.98. The third-order valence-corrected chi connectivity index (χ3v) is 3.39. The summed E-state index contributed by atoms with van der Waals surface area (Å²) in [4.78, 5) is 2.19. The number of hydrogen-bond acceptors (Lipinski definition) is 3. The largest absolute Gasteiger partial charge is 0.383 e. The highest BCUT2D eigenvalue weighted by Gasteiger charge is 2.15. The first-order chi connectivity index (χ1) is 8.10. The van der Waals surface area contributed by atoms with Crippen LogP contribution in [0.2, 0.25) is 5.02 Å². The summed E-state index contributed by atoms with van der Waals surface area (Å²) in [6, 6.07) is 6.30. The second-order valence-corrected chi connectivity index (χ2v) is 4.64. The summed E-state index contributed by atoms with van der Waals surface area (Å²) in [6.07, 6.45) is 0. The molecule has 1 atom stereocenters. The maximum Gasteiger partial charge on any atom is 0.0589 e. The summed E-state index contributed by atoms with van der Waals surface area (Å²) >= 11 is 6.14. The van der Waals surface area contributed by atoms with Gasteiger partial charge in [0, 0.05) is 31.3 Å². The van der Waals surface area contributed by atoms with Gasteiger partial charge >= 0.3 is 0 Å². The normalized spacial score (nSPS) is 13.1. The first kappa shape index (κ1) is 14.5. The van der Waals surface area contributed by atoms with E-state index in [9.17, 15) is 0 Å². The fourth-order valence-corrected chi connectivity index (χ4v) is 1.97. The van der Waals surface area contributed by atoms with Gasteiger partial charge in [-0.25, -0.2) is 0 Å². The van der Waals surface area contributed by atoms with Crippen LogP contribution >= 0.6 is 11.6 Å². The molecule has 2 N–H and O–H groups in total. The zero-order valence-corrected chi connectivity index (χ0v) is 11.5. The zero-order valence-electron chi connectivity index (χ0n) is 10.7. The molecule has 0 aromatic heterocycles. The van der Waals surface area contributed by atoms with Crippen LogP contribution in [0.4, 0.5) is 0 Å². The van der Waals surface area contributed by atoms with Crippen LogP contribution in [0.15, 0.2) is 18.2 Å². The minimum Gasteiger partial charge on any atom is -0.383 e. The standard InChI is InChI=1S/C13H21ClN2O/c1-10-4-5-11(8-12(10)14)13(9-15)16(2)6-7-17-3/h4-5,8,13H,6-7,9,15H2,1-3H3. The molecule has 1 aromatic rings. The molecule has 1 aromatic carbocycles. The zero-order chi connectivity index (χ0) is 12.8. The number of halogens is 1. The van der Waals surface area contributed by atoms with Gasteiger partial charge < -0.3 is 10.5 Å². The van der Waals surface area contributed by atoms with Crippen LogP contribution in [0.3, 0.4) is 0 Å². The Hall–Kier alpha value is -0.610. The van der Waals surface area contributed by atoms with Crippen LogP contribution in [0, 0.1) is 6.92 Å². The number of rotatable bonds is 6. The first-order valence-corrected chi connectivity index (χ1v) is 6.13. The predicted octanol–water partition coefficient (Wildman–Crippen LogP) is 2.23. The highest BCUT2D eigenvalue weighted by atomic mass is 35.5. The van der Waals surface area contributed by atoms with Crippen LogP contribution in [0.1, 0.15) is 17.2 Å². The fraction of sp³-hybridized carbons (Fsp3) is 0.538. The molecule has 17 heavy (non-hydrogen) atoms. The first-order valence-electron chi connectivity index (χ1n) is 5.75. The van der Waals surface area contributed by atoms with Crippen molar-refractivity contribution in [2.45, 2.75) is 13.0 Å². The molecule has 0 heterocycles. The number of benzene rings is 1. The Morgan fingerprint density at radius 1 is 1.47 bits per heavy atom. The van der Waals surface area contributed by atoms with Crippen LogP contribution in [-0.2, 0) is 4.74 Å². The summed E-state index contributed by atoms with van der Waals surface area (Å²) < 4.78 is 5.08. The van der Waals surface area contributed by atoms with E-state index in [-0.39, 0.29) is 6.04 Å². The lowest BCUT2D eigenvalue weighted by atomic mass is 10.0. The molecular formula is C13H21ClN2O. The smallest absolute Gasteiger partial charge is 0.0589 e. The minimum absolute atomic E-state index is 0.184. The summed E-state index contributed by atoms with van der Waals surface area (Å²) in [5.74, 6) is 0. The van der Waals surface area contributed by atoms with Gasteiger partial charge in [-0.1, -0.05) is 23.7 Å². The van der Waals surface area contributed by atoms with Crippen molar-refractivity contribution in [3.63, 3.8) is 0 Å². The Morgan fingerprint density at radius 2 is 2.18 bits per heavy atom. The van der Waals surface area contributed by atoms with Crippen LogP contribution in [0.5, 0.6) is 0 Å². The van der Waals surface area contributed by atoms with Gasteiger partial charge in [-0.15, -0.1) is 0 Å². The molecule has 0 fully saturated rings. The van der Waals surface area contributed by atoms with Crippen molar-refractivity contribution in [1.29, 1.82) is 0 Å². The number of methoxy groups -OCH3 is 1. The molecule has 1 unspecified atom stereocenters. The second kappa shape index (κ2) is 6.97. The maximum absolute atomic E-state index is 6.14. The van der Waals surface area contributed by atoms with Crippen molar-refractivity contribution in [3.05, 3.63) is 34.3 Å². The molecule has 0 saturated heterocycles. The van der Waals surface area contributed by atoms with E-state index in [0.29, 0.717) is 13.2 Å². The second-order valence-electron chi connectivity index (χ2n) is 4.23. The van der Waals surface area contributed by atoms with E-state index in [1.165, 1.54) is 0 Å². The number of aryl methyl sites for hydroxylation is 1. The molecule has 0 amide bonds. The van der Waals surface area contributed by atoms with Crippen molar-refractivity contribution in [3.8, 4) is 0 Å². The molecule has 0 spiro atoms. The number of hydrogen-bond donors (Lipinski definition) is 1. The summed E-state index contributed by atoms with van der Waals surface area (Å²) in [5, 5.41) is 0.793. The molecular weight excluding hydrogens is 236 g/mol. The molecule has 1 rings (SSSR count). The van der Waals surface area contributed by atoms with Gasteiger partial charge in [0.15, 0.2) is 0 Å². The summed E-state index contributed by atoms with van der Waals surface area (Å²) in [5.41, 5.74) is 8.08. The van der Waals surface area contributed by atoms with Gasteiger partial charge in [0.25, 0.3) is 0 Å². The summed E-state index contributed by atoms with van der Waals surface area (Å²) in [7, 11) is 3.75. The van der Waals surface area contributed by atoms with E-state index in [2.05, 4.69) is 11.0 Å². The van der Waals surface area contributed by atoms with E-state index in [4.69, 9.17) is 22.1 Å². The van der Waals surface area contributed by atoms with E-state index >= 15 is 0 Å². The molecule has 3 nitrogen and oxygen atoms in total. The Balaban J connectivity index is 2.81. The lowest BCUT2D eigenvalue weighted by molar-refractivity contribution is 0.140. The number of likely N-dealkylation sites (N-methyl/N-ethyl adjacent to an activating group) is 1. The van der Waals surface area contributed by atoms with Crippen molar-refractivity contribution in [1.82, 2.24) is 4.90 Å². The Kier molecular flexibility index (Phi) is 5.92. The van der Waals surface area contributed by atoms with Gasteiger partial charge in [-0.2, -0.15) is 0 Å². The molecule has 96 valence electrons.